The van der Waals surface area contributed by atoms with Crippen LogP contribution >= 0.6 is 0 Å². The molecule has 2 aromatic rings. The van der Waals surface area contributed by atoms with Crippen LogP contribution in [0.25, 0.3) is 0 Å². The number of carboxylic acids is 1. The first-order chi connectivity index (χ1) is 9.99. The van der Waals surface area contributed by atoms with Crippen LogP contribution in [-0.4, -0.2) is 31.7 Å². The highest BCUT2D eigenvalue weighted by Crippen LogP contribution is 2.11. The molecule has 0 saturated heterocycles. The van der Waals surface area contributed by atoms with Crippen LogP contribution < -0.4 is 5.32 Å². The van der Waals surface area contributed by atoms with Gasteiger partial charge < -0.3 is 15.0 Å². The minimum Gasteiger partial charge on any atom is -0.478 e. The highest BCUT2D eigenvalue weighted by atomic mass is 16.4. The van der Waals surface area contributed by atoms with E-state index in [4.69, 9.17) is 5.11 Å². The molecule has 0 bridgehead atoms. The lowest BCUT2D eigenvalue weighted by Gasteiger charge is -2.13. The van der Waals surface area contributed by atoms with Gasteiger partial charge in [-0.1, -0.05) is 18.2 Å². The third-order valence-corrected chi connectivity index (χ3v) is 3.11. The number of carbonyl (C=O) groups is 2. The summed E-state index contributed by atoms with van der Waals surface area (Å²) < 4.78 is 1.72. The summed E-state index contributed by atoms with van der Waals surface area (Å²) in [7, 11) is 1.79. The van der Waals surface area contributed by atoms with Crippen LogP contribution in [0.5, 0.6) is 0 Å². The number of nitrogens with zero attached hydrogens (tertiary/aromatic N) is 3. The van der Waals surface area contributed by atoms with Gasteiger partial charge in [-0.2, -0.15) is 0 Å². The average Bonchev–Trinajstić information content (AvgIpc) is 2.85. The Hall–Kier alpha value is -2.70. The summed E-state index contributed by atoms with van der Waals surface area (Å²) in [5, 5.41) is 19.6. The molecule has 0 radical (unpaired) electrons. The van der Waals surface area contributed by atoms with Crippen LogP contribution in [0.15, 0.2) is 30.6 Å². The number of aromatic carboxylic acids is 1. The maximum Gasteiger partial charge on any atom is 0.335 e. The van der Waals surface area contributed by atoms with E-state index in [0.29, 0.717) is 11.4 Å². The maximum absolute atomic E-state index is 12.0. The van der Waals surface area contributed by atoms with Crippen molar-refractivity contribution in [2.24, 2.45) is 7.05 Å². The van der Waals surface area contributed by atoms with Gasteiger partial charge in [-0.3, -0.25) is 4.79 Å². The molecule has 1 aromatic carbocycles. The van der Waals surface area contributed by atoms with Gasteiger partial charge in [-0.05, 0) is 18.6 Å². The maximum atomic E-state index is 12.0. The number of nitrogens with one attached hydrogen (secondary N) is 1. The van der Waals surface area contributed by atoms with Crippen LogP contribution in [0.2, 0.25) is 0 Å². The Bertz CT molecular complexity index is 666. The lowest BCUT2D eigenvalue weighted by Crippen LogP contribution is -2.30. The molecule has 2 rings (SSSR count). The fourth-order valence-electron chi connectivity index (χ4n) is 2.10. The van der Waals surface area contributed by atoms with Crippen LogP contribution in [0, 0.1) is 0 Å². The summed E-state index contributed by atoms with van der Waals surface area (Å²) in [5.41, 5.74) is 0.617. The Kier molecular flexibility index (Phi) is 4.32. The first-order valence-electron chi connectivity index (χ1n) is 6.43. The molecule has 0 aliphatic heterocycles. The zero-order valence-electron chi connectivity index (χ0n) is 11.8. The second-order valence-corrected chi connectivity index (χ2v) is 4.73. The first-order valence-corrected chi connectivity index (χ1v) is 6.43. The van der Waals surface area contributed by atoms with E-state index < -0.39 is 5.97 Å². The van der Waals surface area contributed by atoms with E-state index in [-0.39, 0.29) is 23.9 Å². The lowest BCUT2D eigenvalue weighted by atomic mass is 10.0. The SMILES string of the molecule is CC(NC(=O)Cc1ccccc1C(=O)O)c1nncn1C. The Labute approximate surface area is 121 Å². The van der Waals surface area contributed by atoms with Crippen molar-refractivity contribution in [3.05, 3.63) is 47.5 Å². The molecule has 1 amide bonds. The second-order valence-electron chi connectivity index (χ2n) is 4.73. The molecular weight excluding hydrogens is 272 g/mol. The summed E-state index contributed by atoms with van der Waals surface area (Å²) in [6, 6.07) is 6.16. The van der Waals surface area contributed by atoms with Gasteiger partial charge >= 0.3 is 5.97 Å². The van der Waals surface area contributed by atoms with Crippen LogP contribution in [-0.2, 0) is 18.3 Å². The second kappa shape index (κ2) is 6.17. The third kappa shape index (κ3) is 3.44. The van der Waals surface area contributed by atoms with Gasteiger partial charge in [0.2, 0.25) is 5.91 Å². The number of benzene rings is 1. The Morgan fingerprint density at radius 3 is 2.71 bits per heavy atom. The number of amides is 1. The van der Waals surface area contributed by atoms with Gasteiger partial charge in [0.15, 0.2) is 5.82 Å². The number of rotatable bonds is 5. The van der Waals surface area contributed by atoms with Crippen molar-refractivity contribution in [3.63, 3.8) is 0 Å². The molecule has 7 heteroatoms. The molecule has 110 valence electrons. The van der Waals surface area contributed by atoms with Crippen molar-refractivity contribution >= 4 is 11.9 Å². The van der Waals surface area contributed by atoms with Crippen LogP contribution in [0.3, 0.4) is 0 Å². The monoisotopic (exact) mass is 288 g/mol. The van der Waals surface area contributed by atoms with Crippen molar-refractivity contribution in [1.29, 1.82) is 0 Å². The molecule has 0 fully saturated rings. The van der Waals surface area contributed by atoms with E-state index in [0.717, 1.165) is 0 Å². The van der Waals surface area contributed by atoms with E-state index in [9.17, 15) is 9.59 Å². The smallest absolute Gasteiger partial charge is 0.335 e. The summed E-state index contributed by atoms with van der Waals surface area (Å²) in [5.74, 6) is -0.672. The molecule has 21 heavy (non-hydrogen) atoms. The normalized spacial score (nSPS) is 11.9. The molecule has 1 atom stereocenters. The minimum atomic E-state index is -1.04. The summed E-state index contributed by atoms with van der Waals surface area (Å²) in [4.78, 5) is 23.1. The largest absolute Gasteiger partial charge is 0.478 e. The van der Waals surface area contributed by atoms with Crippen molar-refractivity contribution in [2.75, 3.05) is 0 Å². The Morgan fingerprint density at radius 1 is 1.38 bits per heavy atom. The average molecular weight is 288 g/mol. The molecular formula is C14H16N4O3. The zero-order chi connectivity index (χ0) is 15.4. The molecule has 7 nitrogen and oxygen atoms in total. The van der Waals surface area contributed by atoms with Gasteiger partial charge in [-0.25, -0.2) is 4.79 Å². The van der Waals surface area contributed by atoms with Gasteiger partial charge in [0.25, 0.3) is 0 Å². The topological polar surface area (TPSA) is 97.1 Å². The number of carboxylic acid groups (broad SMARTS) is 1. The number of aromatic nitrogens is 3. The van der Waals surface area contributed by atoms with E-state index in [1.807, 2.05) is 0 Å². The highest BCUT2D eigenvalue weighted by Gasteiger charge is 2.16. The van der Waals surface area contributed by atoms with Crippen LogP contribution in [0.4, 0.5) is 0 Å². The number of hydrogen-bond acceptors (Lipinski definition) is 4. The molecule has 1 heterocycles. The minimum absolute atomic E-state index is 0.00463. The van der Waals surface area contributed by atoms with Gasteiger partial charge in [0, 0.05) is 7.05 Å². The number of hydrogen-bond donors (Lipinski definition) is 2. The predicted octanol–water partition coefficient (Wildman–Crippen LogP) is 0.933. The van der Waals surface area contributed by atoms with E-state index in [2.05, 4.69) is 15.5 Å². The van der Waals surface area contributed by atoms with Gasteiger partial charge in [-0.15, -0.1) is 10.2 Å². The fourth-order valence-corrected chi connectivity index (χ4v) is 2.10. The third-order valence-electron chi connectivity index (χ3n) is 3.11. The van der Waals surface area contributed by atoms with E-state index in [1.54, 1.807) is 43.1 Å². The molecule has 0 saturated carbocycles. The number of carbonyl (C=O) groups excluding carboxylic acids is 1. The quantitative estimate of drug-likeness (QED) is 0.853. The molecule has 1 aromatic heterocycles. The summed E-state index contributed by atoms with van der Waals surface area (Å²) >= 11 is 0. The van der Waals surface area contributed by atoms with Crippen molar-refractivity contribution in [3.8, 4) is 0 Å². The van der Waals surface area contributed by atoms with Crippen LogP contribution in [0.1, 0.15) is 34.7 Å². The summed E-state index contributed by atoms with van der Waals surface area (Å²) in [6.07, 6.45) is 1.56. The summed E-state index contributed by atoms with van der Waals surface area (Å²) in [6.45, 7) is 1.80. The fraction of sp³-hybridized carbons (Fsp3) is 0.286. The van der Waals surface area contributed by atoms with Crippen molar-refractivity contribution in [2.45, 2.75) is 19.4 Å². The zero-order valence-corrected chi connectivity index (χ0v) is 11.8. The molecule has 0 aliphatic rings. The molecule has 2 N–H and O–H groups in total. The molecule has 0 aliphatic carbocycles. The van der Waals surface area contributed by atoms with Crippen molar-refractivity contribution < 1.29 is 14.7 Å². The van der Waals surface area contributed by atoms with Crippen molar-refractivity contribution in [1.82, 2.24) is 20.1 Å². The Balaban J connectivity index is 2.06. The molecule has 1 unspecified atom stereocenters. The Morgan fingerprint density at radius 2 is 2.10 bits per heavy atom. The predicted molar refractivity (Wildman–Crippen MR) is 74.7 cm³/mol. The standard InChI is InChI=1S/C14H16N4O3/c1-9(13-17-15-8-18(13)2)16-12(19)7-10-5-3-4-6-11(10)14(20)21/h3-6,8-9H,7H2,1-2H3,(H,16,19)(H,20,21). The highest BCUT2D eigenvalue weighted by molar-refractivity contribution is 5.91. The van der Waals surface area contributed by atoms with E-state index in [1.165, 1.54) is 6.07 Å². The lowest BCUT2D eigenvalue weighted by molar-refractivity contribution is -0.121. The number of aryl methyl sites for hydroxylation is 1. The van der Waals surface area contributed by atoms with Gasteiger partial charge in [0.05, 0.1) is 18.0 Å². The first kappa shape index (κ1) is 14.7. The van der Waals surface area contributed by atoms with E-state index >= 15 is 0 Å². The molecule has 0 spiro atoms. The van der Waals surface area contributed by atoms with Gasteiger partial charge in [0.1, 0.15) is 6.33 Å².